The Balaban J connectivity index is 0.712. The monoisotopic (exact) mass is 931 g/mol. The van der Waals surface area contributed by atoms with Crippen LogP contribution in [0.25, 0.3) is 16.6 Å². The van der Waals surface area contributed by atoms with Gasteiger partial charge in [0.15, 0.2) is 11.3 Å². The summed E-state index contributed by atoms with van der Waals surface area (Å²) in [6.07, 6.45) is 1.61. The van der Waals surface area contributed by atoms with Gasteiger partial charge in [-0.05, 0) is 69.4 Å². The van der Waals surface area contributed by atoms with Gasteiger partial charge in [0.05, 0.1) is 65.9 Å². The van der Waals surface area contributed by atoms with E-state index in [1.807, 2.05) is 22.9 Å². The van der Waals surface area contributed by atoms with E-state index in [-0.39, 0.29) is 79.4 Å². The number of alkyl halides is 5. The highest BCUT2D eigenvalue weighted by Gasteiger charge is 2.37. The van der Waals surface area contributed by atoms with E-state index in [1.165, 1.54) is 21.6 Å². The van der Waals surface area contributed by atoms with Crippen LogP contribution in [0.1, 0.15) is 110 Å². The minimum Gasteiger partial charge on any atom is -0.369 e. The number of imide groups is 1. The molecule has 16 nitrogen and oxygen atoms in total. The number of ether oxygens (including phenoxy) is 2. The van der Waals surface area contributed by atoms with E-state index in [4.69, 9.17) is 14.6 Å². The van der Waals surface area contributed by atoms with Crippen molar-refractivity contribution in [1.82, 2.24) is 44.4 Å². The maximum atomic E-state index is 15.6. The van der Waals surface area contributed by atoms with Crippen molar-refractivity contribution in [2.24, 2.45) is 5.92 Å². The first-order chi connectivity index (χ1) is 32.5. The fraction of sp³-hybridized carbons (Fsp3) is 0.543. The van der Waals surface area contributed by atoms with Crippen molar-refractivity contribution in [3.63, 3.8) is 0 Å². The van der Waals surface area contributed by atoms with Crippen LogP contribution in [-0.4, -0.2) is 128 Å². The topological polar surface area (TPSA) is 166 Å². The van der Waals surface area contributed by atoms with Gasteiger partial charge in [-0.2, -0.15) is 15.3 Å². The van der Waals surface area contributed by atoms with E-state index in [0.717, 1.165) is 42.1 Å². The third-order valence-corrected chi connectivity index (χ3v) is 13.6. The quantitative estimate of drug-likeness (QED) is 0.0856. The average Bonchev–Trinajstić information content (AvgIpc) is 3.74. The SMILES string of the molecule is O=C1CCC(c2nn(C3CC3)c3c(C#CCO[C@@H]4CCN(CC5CCC(n6cc(NC(=O)c7cnn8ccc(N9CCOC(C(F)F)C9)nc78)c(C(F)F)n6)CC5)C[C@@H]4F)cccc23)C(=O)N1. The van der Waals surface area contributed by atoms with Gasteiger partial charge in [0.2, 0.25) is 11.8 Å². The predicted molar refractivity (Wildman–Crippen MR) is 233 cm³/mol. The first kappa shape index (κ1) is 44.8. The molecule has 3 saturated heterocycles. The van der Waals surface area contributed by atoms with Crippen LogP contribution in [0.4, 0.5) is 33.5 Å². The first-order valence-electron chi connectivity index (χ1n) is 23.0. The zero-order valence-electron chi connectivity index (χ0n) is 36.5. The van der Waals surface area contributed by atoms with Crippen LogP contribution in [0.3, 0.4) is 0 Å². The minimum atomic E-state index is -2.96. The molecule has 0 bridgehead atoms. The second kappa shape index (κ2) is 19.0. The molecular formula is C46H50F5N11O5. The van der Waals surface area contributed by atoms with Crippen molar-refractivity contribution >= 4 is 45.8 Å². The summed E-state index contributed by atoms with van der Waals surface area (Å²) in [5.41, 5.74) is 1.72. The van der Waals surface area contributed by atoms with Gasteiger partial charge in [-0.25, -0.2) is 31.5 Å². The Morgan fingerprint density at radius 2 is 1.81 bits per heavy atom. The summed E-state index contributed by atoms with van der Waals surface area (Å²) in [7, 11) is 0. The smallest absolute Gasteiger partial charge is 0.284 e. The van der Waals surface area contributed by atoms with Crippen LogP contribution in [0.15, 0.2) is 42.9 Å². The van der Waals surface area contributed by atoms with Crippen LogP contribution < -0.4 is 15.5 Å². The summed E-state index contributed by atoms with van der Waals surface area (Å²) in [6.45, 7) is 1.97. The molecule has 0 radical (unpaired) electrons. The predicted octanol–water partition coefficient (Wildman–Crippen LogP) is 6.00. The number of piperidine rings is 2. The van der Waals surface area contributed by atoms with Crippen LogP contribution in [-0.2, 0) is 19.1 Å². The van der Waals surface area contributed by atoms with Gasteiger partial charge in [0.1, 0.15) is 30.3 Å². The Labute approximate surface area is 381 Å². The lowest BCUT2D eigenvalue weighted by atomic mass is 9.85. The van der Waals surface area contributed by atoms with Gasteiger partial charge < -0.3 is 19.7 Å². The molecule has 67 heavy (non-hydrogen) atoms. The number of carbonyl (C=O) groups is 3. The number of morpholine rings is 1. The molecule has 5 aliphatic rings. The molecule has 354 valence electrons. The molecule has 4 atom stereocenters. The molecule has 5 aromatic rings. The van der Waals surface area contributed by atoms with Crippen molar-refractivity contribution < 1.29 is 45.8 Å². The third-order valence-electron chi connectivity index (χ3n) is 13.6. The summed E-state index contributed by atoms with van der Waals surface area (Å²) >= 11 is 0. The Kier molecular flexibility index (Phi) is 12.7. The third kappa shape index (κ3) is 9.48. The van der Waals surface area contributed by atoms with Crippen molar-refractivity contribution in [3.8, 4) is 11.8 Å². The summed E-state index contributed by atoms with van der Waals surface area (Å²) in [6, 6.07) is 7.38. The Morgan fingerprint density at radius 1 is 0.985 bits per heavy atom. The Bertz CT molecular complexity index is 2720. The normalized spacial score (nSPS) is 25.2. The number of para-hydroxylation sites is 1. The highest BCUT2D eigenvalue weighted by Crippen LogP contribution is 2.41. The maximum Gasteiger partial charge on any atom is 0.284 e. The molecule has 3 aliphatic heterocycles. The fourth-order valence-electron chi connectivity index (χ4n) is 9.92. The zero-order chi connectivity index (χ0) is 46.3. The molecule has 7 heterocycles. The average molecular weight is 932 g/mol. The van der Waals surface area contributed by atoms with Crippen LogP contribution in [0.2, 0.25) is 0 Å². The van der Waals surface area contributed by atoms with E-state index in [2.05, 4.69) is 42.6 Å². The number of aromatic nitrogens is 7. The highest BCUT2D eigenvalue weighted by atomic mass is 19.3. The molecular weight excluding hydrogens is 882 g/mol. The number of nitrogens with zero attached hydrogens (tertiary/aromatic N) is 9. The van der Waals surface area contributed by atoms with Crippen molar-refractivity contribution in [2.45, 2.75) is 107 Å². The highest BCUT2D eigenvalue weighted by molar-refractivity contribution is 6.08. The second-order valence-electron chi connectivity index (χ2n) is 18.1. The van der Waals surface area contributed by atoms with Crippen LogP contribution in [0, 0.1) is 17.8 Å². The lowest BCUT2D eigenvalue weighted by molar-refractivity contribution is -0.134. The fourth-order valence-corrected chi connectivity index (χ4v) is 9.92. The van der Waals surface area contributed by atoms with Gasteiger partial charge in [-0.3, -0.25) is 34.0 Å². The molecule has 3 amide bonds. The van der Waals surface area contributed by atoms with Gasteiger partial charge >= 0.3 is 0 Å². The molecule has 2 saturated carbocycles. The van der Waals surface area contributed by atoms with Gasteiger partial charge in [0.25, 0.3) is 18.8 Å². The number of rotatable bonds is 12. The van der Waals surface area contributed by atoms with Crippen molar-refractivity contribution in [2.75, 3.05) is 56.2 Å². The van der Waals surface area contributed by atoms with E-state index >= 15 is 4.39 Å². The molecule has 2 aliphatic carbocycles. The van der Waals surface area contributed by atoms with Crippen molar-refractivity contribution in [3.05, 3.63) is 65.4 Å². The number of hydrogen-bond acceptors (Lipinski definition) is 11. The number of benzene rings is 1. The Morgan fingerprint density at radius 3 is 2.57 bits per heavy atom. The number of likely N-dealkylation sites (tertiary alicyclic amines) is 1. The largest absolute Gasteiger partial charge is 0.369 e. The van der Waals surface area contributed by atoms with Gasteiger partial charge in [-0.15, -0.1) is 0 Å². The number of anilines is 2. The summed E-state index contributed by atoms with van der Waals surface area (Å²) in [5, 5.41) is 19.1. The molecule has 21 heteroatoms. The lowest BCUT2D eigenvalue weighted by Gasteiger charge is -2.38. The van der Waals surface area contributed by atoms with E-state index < -0.39 is 48.7 Å². The Hall–Kier alpha value is -5.98. The molecule has 5 fully saturated rings. The summed E-state index contributed by atoms with van der Waals surface area (Å²) in [5.74, 6) is 5.08. The lowest BCUT2D eigenvalue weighted by Crippen LogP contribution is -2.47. The maximum absolute atomic E-state index is 15.6. The summed E-state index contributed by atoms with van der Waals surface area (Å²) in [4.78, 5) is 46.3. The number of nitrogens with one attached hydrogen (secondary N) is 2. The van der Waals surface area contributed by atoms with Crippen molar-refractivity contribution in [1.29, 1.82) is 0 Å². The second-order valence-corrected chi connectivity index (χ2v) is 18.1. The molecule has 10 rings (SSSR count). The molecule has 4 aromatic heterocycles. The number of hydrogen-bond donors (Lipinski definition) is 2. The molecule has 1 aromatic carbocycles. The van der Waals surface area contributed by atoms with Gasteiger partial charge in [0, 0.05) is 50.4 Å². The molecule has 2 N–H and O–H groups in total. The standard InChI is InChI=1S/C46H50F5N11O5/c47-33-23-58(16-14-35(33)66-19-2-4-27-3-1-5-30-39(31-12-13-38(63)55-45(31)64)57-62(41(27)30)29-10-11-29)22-26-6-8-28(9-7-26)61-24-34(40(56-61)43(50)51)53-46(65)32-21-52-60-17-15-37(54-44(32)60)59-18-20-67-36(25-59)42(48)49/h1,3,5,15,17,21,24,26,28-29,31,33,35-36,42-43H,6-14,16,18-20,22-23,25H2,(H,53,65)(H,55,63,64)/t26?,28?,31?,33-,35+,36?/m0/s1. The summed E-state index contributed by atoms with van der Waals surface area (Å²) < 4.78 is 86.8. The minimum absolute atomic E-state index is 0.0141. The zero-order valence-corrected chi connectivity index (χ0v) is 36.5. The van der Waals surface area contributed by atoms with E-state index in [1.54, 1.807) is 17.2 Å². The van der Waals surface area contributed by atoms with Crippen LogP contribution >= 0.6 is 0 Å². The molecule has 0 spiro atoms. The number of fused-ring (bicyclic) bond motifs is 2. The van der Waals surface area contributed by atoms with E-state index in [9.17, 15) is 31.9 Å². The van der Waals surface area contributed by atoms with Gasteiger partial charge in [-0.1, -0.05) is 24.0 Å². The first-order valence-corrected chi connectivity index (χ1v) is 23.0. The van der Waals surface area contributed by atoms with E-state index in [0.29, 0.717) is 56.8 Å². The number of carbonyl (C=O) groups excluding carboxylic acids is 3. The van der Waals surface area contributed by atoms with Crippen LogP contribution in [0.5, 0.6) is 0 Å². The number of amides is 3. The molecule has 2 unspecified atom stereocenters. The number of halogens is 5.